The van der Waals surface area contributed by atoms with E-state index in [4.69, 9.17) is 10.5 Å². The largest absolute Gasteiger partial charge is 0.487 e. The Morgan fingerprint density at radius 3 is 2.76 bits per heavy atom. The van der Waals surface area contributed by atoms with Crippen LogP contribution in [0.1, 0.15) is 31.2 Å². The van der Waals surface area contributed by atoms with Gasteiger partial charge in [0, 0.05) is 6.54 Å². The molecule has 3 nitrogen and oxygen atoms in total. The summed E-state index contributed by atoms with van der Waals surface area (Å²) in [5.74, 6) is 0.785. The SMILES string of the molecule is NCc1ccc(OC2CCCCC2O)c(Br)c1. The average Bonchev–Trinajstić information content (AvgIpc) is 2.34. The second-order valence-electron chi connectivity index (χ2n) is 4.48. The van der Waals surface area contributed by atoms with Crippen molar-refractivity contribution >= 4 is 15.9 Å². The predicted molar refractivity (Wildman–Crippen MR) is 70.9 cm³/mol. The van der Waals surface area contributed by atoms with Crippen LogP contribution >= 0.6 is 15.9 Å². The van der Waals surface area contributed by atoms with Crippen LogP contribution in [0.3, 0.4) is 0 Å². The van der Waals surface area contributed by atoms with Crippen LogP contribution < -0.4 is 10.5 Å². The van der Waals surface area contributed by atoms with Gasteiger partial charge < -0.3 is 15.6 Å². The molecule has 0 aliphatic heterocycles. The van der Waals surface area contributed by atoms with E-state index < -0.39 is 0 Å². The Labute approximate surface area is 110 Å². The highest BCUT2D eigenvalue weighted by molar-refractivity contribution is 9.10. The van der Waals surface area contributed by atoms with E-state index >= 15 is 0 Å². The Hall–Kier alpha value is -0.580. The number of halogens is 1. The van der Waals surface area contributed by atoms with Crippen LogP contribution in [-0.2, 0) is 6.54 Å². The van der Waals surface area contributed by atoms with Gasteiger partial charge in [-0.1, -0.05) is 12.5 Å². The summed E-state index contributed by atoms with van der Waals surface area (Å²) in [5, 5.41) is 9.86. The molecular formula is C13H18BrNO2. The number of ether oxygens (including phenoxy) is 1. The van der Waals surface area contributed by atoms with Crippen LogP contribution in [0.2, 0.25) is 0 Å². The first-order valence-corrected chi connectivity index (χ1v) is 6.83. The van der Waals surface area contributed by atoms with Crippen molar-refractivity contribution in [2.45, 2.75) is 44.4 Å². The minimum absolute atomic E-state index is 0.0798. The Bertz CT molecular complexity index is 384. The van der Waals surface area contributed by atoms with Crippen molar-refractivity contribution < 1.29 is 9.84 Å². The highest BCUT2D eigenvalue weighted by atomic mass is 79.9. The zero-order valence-electron chi connectivity index (χ0n) is 9.73. The summed E-state index contributed by atoms with van der Waals surface area (Å²) in [6.45, 7) is 0.519. The van der Waals surface area contributed by atoms with Crippen molar-refractivity contribution in [3.05, 3.63) is 28.2 Å². The molecule has 1 aliphatic rings. The zero-order chi connectivity index (χ0) is 12.3. The smallest absolute Gasteiger partial charge is 0.134 e. The van der Waals surface area contributed by atoms with Crippen LogP contribution in [-0.4, -0.2) is 17.3 Å². The molecule has 0 aromatic heterocycles. The summed E-state index contributed by atoms with van der Waals surface area (Å²) in [4.78, 5) is 0. The predicted octanol–water partition coefficient (Wildman–Crippen LogP) is 2.59. The lowest BCUT2D eigenvalue weighted by Gasteiger charge is -2.28. The van der Waals surface area contributed by atoms with E-state index in [1.807, 2.05) is 18.2 Å². The minimum Gasteiger partial charge on any atom is -0.487 e. The molecule has 0 radical (unpaired) electrons. The molecule has 2 unspecified atom stereocenters. The summed E-state index contributed by atoms with van der Waals surface area (Å²) < 4.78 is 6.76. The second-order valence-corrected chi connectivity index (χ2v) is 5.33. The fourth-order valence-electron chi connectivity index (χ4n) is 2.14. The van der Waals surface area contributed by atoms with Crippen molar-refractivity contribution in [3.63, 3.8) is 0 Å². The van der Waals surface area contributed by atoms with Gasteiger partial charge in [0.25, 0.3) is 0 Å². The number of benzene rings is 1. The summed E-state index contributed by atoms with van der Waals surface area (Å²) >= 11 is 3.47. The Morgan fingerprint density at radius 1 is 1.35 bits per heavy atom. The topological polar surface area (TPSA) is 55.5 Å². The van der Waals surface area contributed by atoms with Gasteiger partial charge in [-0.2, -0.15) is 0 Å². The third kappa shape index (κ3) is 3.21. The fraction of sp³-hybridized carbons (Fsp3) is 0.538. The molecule has 2 atom stereocenters. The van der Waals surface area contributed by atoms with Crippen molar-refractivity contribution in [2.24, 2.45) is 5.73 Å². The average molecular weight is 300 g/mol. The maximum Gasteiger partial charge on any atom is 0.134 e. The molecule has 94 valence electrons. The van der Waals surface area contributed by atoms with E-state index in [1.54, 1.807) is 0 Å². The number of rotatable bonds is 3. The van der Waals surface area contributed by atoms with Crippen molar-refractivity contribution in [3.8, 4) is 5.75 Å². The molecule has 17 heavy (non-hydrogen) atoms. The van der Waals surface area contributed by atoms with Gasteiger partial charge in [0.1, 0.15) is 11.9 Å². The highest BCUT2D eigenvalue weighted by Gasteiger charge is 2.25. The Morgan fingerprint density at radius 2 is 2.12 bits per heavy atom. The lowest BCUT2D eigenvalue weighted by Crippen LogP contribution is -2.34. The fourth-order valence-corrected chi connectivity index (χ4v) is 2.66. The van der Waals surface area contributed by atoms with Crippen molar-refractivity contribution in [1.82, 2.24) is 0 Å². The second kappa shape index (κ2) is 5.85. The van der Waals surface area contributed by atoms with Crippen LogP contribution in [0.25, 0.3) is 0 Å². The molecule has 0 amide bonds. The molecule has 2 rings (SSSR count). The normalized spacial score (nSPS) is 24.6. The van der Waals surface area contributed by atoms with Gasteiger partial charge in [0.2, 0.25) is 0 Å². The number of aliphatic hydroxyl groups is 1. The van der Waals surface area contributed by atoms with Gasteiger partial charge >= 0.3 is 0 Å². The van der Waals surface area contributed by atoms with Crippen molar-refractivity contribution in [2.75, 3.05) is 0 Å². The summed E-state index contributed by atoms with van der Waals surface area (Å²) in [7, 11) is 0. The number of nitrogens with two attached hydrogens (primary N) is 1. The number of aliphatic hydroxyl groups excluding tert-OH is 1. The molecule has 0 bridgehead atoms. The maximum absolute atomic E-state index is 9.86. The first-order chi connectivity index (χ1) is 8.20. The zero-order valence-corrected chi connectivity index (χ0v) is 11.3. The van der Waals surface area contributed by atoms with Gasteiger partial charge in [-0.25, -0.2) is 0 Å². The van der Waals surface area contributed by atoms with Crippen LogP contribution in [0.5, 0.6) is 5.75 Å². The molecular weight excluding hydrogens is 282 g/mol. The maximum atomic E-state index is 9.86. The Kier molecular flexibility index (Phi) is 4.42. The summed E-state index contributed by atoms with van der Waals surface area (Å²) in [5.41, 5.74) is 6.64. The lowest BCUT2D eigenvalue weighted by atomic mass is 9.95. The van der Waals surface area contributed by atoms with Gasteiger partial charge in [-0.15, -0.1) is 0 Å². The molecule has 0 heterocycles. The van der Waals surface area contributed by atoms with E-state index in [9.17, 15) is 5.11 Å². The molecule has 1 aromatic carbocycles. The molecule has 1 saturated carbocycles. The molecule has 1 aromatic rings. The third-order valence-electron chi connectivity index (χ3n) is 3.18. The first kappa shape index (κ1) is 12.9. The van der Waals surface area contributed by atoms with Gasteiger partial charge in [-0.3, -0.25) is 0 Å². The lowest BCUT2D eigenvalue weighted by molar-refractivity contribution is 0.00648. The van der Waals surface area contributed by atoms with E-state index in [-0.39, 0.29) is 12.2 Å². The van der Waals surface area contributed by atoms with E-state index in [0.29, 0.717) is 6.54 Å². The molecule has 1 fully saturated rings. The standard InChI is InChI=1S/C13H18BrNO2/c14-10-7-9(8-15)5-6-12(10)17-13-4-2-1-3-11(13)16/h5-7,11,13,16H,1-4,8,15H2. The number of hydrogen-bond acceptors (Lipinski definition) is 3. The minimum atomic E-state index is -0.343. The van der Waals surface area contributed by atoms with E-state index in [0.717, 1.165) is 41.5 Å². The molecule has 4 heteroatoms. The first-order valence-electron chi connectivity index (χ1n) is 6.04. The quantitative estimate of drug-likeness (QED) is 0.902. The van der Waals surface area contributed by atoms with Crippen LogP contribution in [0.4, 0.5) is 0 Å². The monoisotopic (exact) mass is 299 g/mol. The third-order valence-corrected chi connectivity index (χ3v) is 3.80. The number of hydrogen-bond donors (Lipinski definition) is 2. The van der Waals surface area contributed by atoms with E-state index in [2.05, 4.69) is 15.9 Å². The van der Waals surface area contributed by atoms with Crippen LogP contribution in [0, 0.1) is 0 Å². The molecule has 3 N–H and O–H groups in total. The summed E-state index contributed by atoms with van der Waals surface area (Å²) in [6.07, 6.45) is 3.55. The Balaban J connectivity index is 2.07. The van der Waals surface area contributed by atoms with Gasteiger partial charge in [0.15, 0.2) is 0 Å². The van der Waals surface area contributed by atoms with Crippen molar-refractivity contribution in [1.29, 1.82) is 0 Å². The highest BCUT2D eigenvalue weighted by Crippen LogP contribution is 2.30. The van der Waals surface area contributed by atoms with Gasteiger partial charge in [-0.05, 0) is 52.9 Å². The summed E-state index contributed by atoms with van der Waals surface area (Å²) in [6, 6.07) is 5.83. The molecule has 0 saturated heterocycles. The molecule has 0 spiro atoms. The molecule has 1 aliphatic carbocycles. The van der Waals surface area contributed by atoms with Crippen LogP contribution in [0.15, 0.2) is 22.7 Å². The van der Waals surface area contributed by atoms with Gasteiger partial charge in [0.05, 0.1) is 10.6 Å². The van der Waals surface area contributed by atoms with E-state index in [1.165, 1.54) is 0 Å².